The molecular formula is C9H15N2-. The summed E-state index contributed by atoms with van der Waals surface area (Å²) in [6, 6.07) is 0. The molecule has 0 aromatic carbocycles. The molecule has 0 N–H and O–H groups in total. The largest absolute Gasteiger partial charge is 0.688 e. The van der Waals surface area contributed by atoms with E-state index in [0.717, 1.165) is 25.2 Å². The summed E-state index contributed by atoms with van der Waals surface area (Å²) in [5, 5.41) is 4.34. The molecule has 1 rings (SSSR count). The van der Waals surface area contributed by atoms with Gasteiger partial charge in [-0.3, -0.25) is 4.99 Å². The van der Waals surface area contributed by atoms with Crippen molar-refractivity contribution < 1.29 is 0 Å². The number of nitrogens with zero attached hydrogens (tertiary/aromatic N) is 2. The Morgan fingerprint density at radius 3 is 3.09 bits per heavy atom. The maximum Gasteiger partial charge on any atom is 0.0364 e. The minimum absolute atomic E-state index is 0.871. The first kappa shape index (κ1) is 8.31. The van der Waals surface area contributed by atoms with Gasteiger partial charge in [-0.15, -0.1) is 6.54 Å². The fourth-order valence-corrected chi connectivity index (χ4v) is 1.22. The van der Waals surface area contributed by atoms with E-state index in [0.29, 0.717) is 0 Å². The van der Waals surface area contributed by atoms with Gasteiger partial charge in [0.2, 0.25) is 0 Å². The number of hydrogen-bond acceptors (Lipinski definition) is 1. The van der Waals surface area contributed by atoms with E-state index in [1.54, 1.807) is 0 Å². The van der Waals surface area contributed by atoms with E-state index in [9.17, 15) is 0 Å². The highest BCUT2D eigenvalue weighted by molar-refractivity contribution is 5.93. The minimum atomic E-state index is 0.871. The van der Waals surface area contributed by atoms with Crippen molar-refractivity contribution in [3.63, 3.8) is 0 Å². The van der Waals surface area contributed by atoms with Gasteiger partial charge in [0.05, 0.1) is 0 Å². The predicted octanol–water partition coefficient (Wildman–Crippen LogP) is 2.52. The molecule has 0 aromatic rings. The van der Waals surface area contributed by atoms with Crippen LogP contribution in [0.15, 0.2) is 16.8 Å². The van der Waals surface area contributed by atoms with Crippen LogP contribution < -0.4 is 0 Å². The first-order valence-electron chi connectivity index (χ1n) is 4.22. The van der Waals surface area contributed by atoms with Crippen molar-refractivity contribution in [2.24, 2.45) is 4.99 Å². The van der Waals surface area contributed by atoms with E-state index in [1.807, 2.05) is 13.8 Å². The molecule has 0 bridgehead atoms. The van der Waals surface area contributed by atoms with Crippen LogP contribution >= 0.6 is 0 Å². The Morgan fingerprint density at radius 1 is 1.73 bits per heavy atom. The quantitative estimate of drug-likeness (QED) is 0.542. The van der Waals surface area contributed by atoms with Gasteiger partial charge >= 0.3 is 0 Å². The van der Waals surface area contributed by atoms with E-state index < -0.39 is 0 Å². The summed E-state index contributed by atoms with van der Waals surface area (Å²) in [5.74, 6) is 0. The molecule has 0 atom stereocenters. The second-order valence-electron chi connectivity index (χ2n) is 2.74. The van der Waals surface area contributed by atoms with E-state index in [-0.39, 0.29) is 0 Å². The first-order chi connectivity index (χ1) is 5.33. The smallest absolute Gasteiger partial charge is 0.0364 e. The molecule has 1 fully saturated rings. The van der Waals surface area contributed by atoms with Crippen molar-refractivity contribution >= 4 is 5.71 Å². The lowest BCUT2D eigenvalue weighted by Gasteiger charge is -2.12. The molecule has 0 aliphatic carbocycles. The van der Waals surface area contributed by atoms with Crippen LogP contribution in [0.4, 0.5) is 0 Å². The van der Waals surface area contributed by atoms with E-state index in [2.05, 4.69) is 16.4 Å². The monoisotopic (exact) mass is 151 g/mol. The Kier molecular flexibility index (Phi) is 3.14. The molecule has 2 heteroatoms. The lowest BCUT2D eigenvalue weighted by atomic mass is 10.2. The van der Waals surface area contributed by atoms with Crippen molar-refractivity contribution in [2.45, 2.75) is 26.7 Å². The standard InChI is InChI=1S/C9H15N2/c1-3-10-8(2)7-9-5-4-6-11-9/h7H,3-6H2,1-2H3/q-1/b9-7+,10-8?. The lowest BCUT2D eigenvalue weighted by Crippen LogP contribution is -1.87. The van der Waals surface area contributed by atoms with Crippen LogP contribution in [-0.4, -0.2) is 18.8 Å². The van der Waals surface area contributed by atoms with Crippen molar-refractivity contribution in [1.29, 1.82) is 0 Å². The topological polar surface area (TPSA) is 26.5 Å². The zero-order valence-electron chi connectivity index (χ0n) is 7.30. The normalized spacial score (nSPS) is 22.4. The van der Waals surface area contributed by atoms with Gasteiger partial charge in [-0.05, 0) is 13.8 Å². The zero-order valence-corrected chi connectivity index (χ0v) is 7.30. The molecular weight excluding hydrogens is 136 g/mol. The summed E-state index contributed by atoms with van der Waals surface area (Å²) in [6.45, 7) is 5.96. The predicted molar refractivity (Wildman–Crippen MR) is 49.2 cm³/mol. The summed E-state index contributed by atoms with van der Waals surface area (Å²) in [7, 11) is 0. The first-order valence-corrected chi connectivity index (χ1v) is 4.22. The molecule has 1 aliphatic rings. The van der Waals surface area contributed by atoms with Gasteiger partial charge in [0.15, 0.2) is 0 Å². The molecule has 0 spiro atoms. The Hall–Kier alpha value is -0.790. The molecule has 1 saturated heterocycles. The molecule has 0 amide bonds. The van der Waals surface area contributed by atoms with Crippen LogP contribution in [0.25, 0.3) is 5.32 Å². The van der Waals surface area contributed by atoms with Gasteiger partial charge in [0, 0.05) is 12.3 Å². The third-order valence-electron chi connectivity index (χ3n) is 1.69. The second kappa shape index (κ2) is 4.16. The van der Waals surface area contributed by atoms with Gasteiger partial charge in [-0.2, -0.15) is 5.70 Å². The maximum absolute atomic E-state index is 4.34. The highest BCUT2D eigenvalue weighted by Gasteiger charge is 1.93. The fourth-order valence-electron chi connectivity index (χ4n) is 1.22. The molecule has 2 nitrogen and oxygen atoms in total. The van der Waals surface area contributed by atoms with Crippen LogP contribution in [0.2, 0.25) is 0 Å². The van der Waals surface area contributed by atoms with Crippen LogP contribution in [-0.2, 0) is 0 Å². The average Bonchev–Trinajstić information content (AvgIpc) is 2.40. The van der Waals surface area contributed by atoms with Gasteiger partial charge in [-0.1, -0.05) is 18.9 Å². The molecule has 0 radical (unpaired) electrons. The Bertz CT molecular complexity index is 172. The van der Waals surface area contributed by atoms with E-state index in [4.69, 9.17) is 0 Å². The third-order valence-corrected chi connectivity index (χ3v) is 1.69. The highest BCUT2D eigenvalue weighted by atomic mass is 14.9. The third kappa shape index (κ3) is 2.74. The van der Waals surface area contributed by atoms with Crippen LogP contribution in [0, 0.1) is 0 Å². The second-order valence-corrected chi connectivity index (χ2v) is 2.74. The van der Waals surface area contributed by atoms with Crippen molar-refractivity contribution in [1.82, 2.24) is 0 Å². The SMILES string of the molecule is CCN=C(C)/C=C1\CCC[N-]1. The summed E-state index contributed by atoms with van der Waals surface area (Å²) in [5.41, 5.74) is 2.33. The van der Waals surface area contributed by atoms with Crippen LogP contribution in [0.1, 0.15) is 26.7 Å². The summed E-state index contributed by atoms with van der Waals surface area (Å²) in [6.07, 6.45) is 4.44. The number of allylic oxidation sites excluding steroid dienone is 2. The van der Waals surface area contributed by atoms with E-state index in [1.165, 1.54) is 12.1 Å². The highest BCUT2D eigenvalue weighted by Crippen LogP contribution is 2.21. The van der Waals surface area contributed by atoms with Crippen LogP contribution in [0.5, 0.6) is 0 Å². The van der Waals surface area contributed by atoms with Gasteiger partial charge in [0.1, 0.15) is 0 Å². The zero-order chi connectivity index (χ0) is 8.10. The maximum atomic E-state index is 4.34. The van der Waals surface area contributed by atoms with Crippen molar-refractivity contribution in [3.8, 4) is 0 Å². The minimum Gasteiger partial charge on any atom is -0.688 e. The molecule has 62 valence electrons. The number of aliphatic imine (C=N–C) groups is 1. The molecule has 0 aromatic heterocycles. The lowest BCUT2D eigenvalue weighted by molar-refractivity contribution is 0.988. The Labute approximate surface area is 68.4 Å². The van der Waals surface area contributed by atoms with Gasteiger partial charge < -0.3 is 5.32 Å². The fraction of sp³-hybridized carbons (Fsp3) is 0.667. The van der Waals surface area contributed by atoms with Crippen molar-refractivity contribution in [2.75, 3.05) is 13.1 Å². The summed E-state index contributed by atoms with van der Waals surface area (Å²) in [4.78, 5) is 4.27. The molecule has 0 saturated carbocycles. The van der Waals surface area contributed by atoms with Crippen molar-refractivity contribution in [3.05, 3.63) is 17.1 Å². The number of rotatable bonds is 2. The van der Waals surface area contributed by atoms with Gasteiger partial charge in [0.25, 0.3) is 0 Å². The summed E-state index contributed by atoms with van der Waals surface area (Å²) >= 11 is 0. The molecule has 0 unspecified atom stereocenters. The molecule has 11 heavy (non-hydrogen) atoms. The Morgan fingerprint density at radius 2 is 2.55 bits per heavy atom. The van der Waals surface area contributed by atoms with E-state index >= 15 is 0 Å². The molecule has 1 heterocycles. The van der Waals surface area contributed by atoms with Gasteiger partial charge in [-0.25, -0.2) is 0 Å². The van der Waals surface area contributed by atoms with Crippen LogP contribution in [0.3, 0.4) is 0 Å². The number of hydrogen-bond donors (Lipinski definition) is 0. The molecule has 1 aliphatic heterocycles. The average molecular weight is 151 g/mol. The Balaban J connectivity index is 2.49. The summed E-state index contributed by atoms with van der Waals surface area (Å²) < 4.78 is 0.